The molecule has 4 heteroatoms. The fourth-order valence-corrected chi connectivity index (χ4v) is 1.93. The van der Waals surface area contributed by atoms with Crippen LogP contribution >= 0.6 is 0 Å². The molecule has 1 heterocycles. The van der Waals surface area contributed by atoms with Crippen molar-refractivity contribution in [2.45, 2.75) is 51.8 Å². The van der Waals surface area contributed by atoms with Crippen LogP contribution in [0.25, 0.3) is 0 Å². The third-order valence-electron chi connectivity index (χ3n) is 2.16. The standard InChI is InChI=1S/C12H21NO2S/c1-6-10(11-8-7-9(2)15-11)13-16(14)12(3,4)5/h7-8,10,13H,6H2,1-5H3/t10-,16?/m1/s1/i10D. The molecule has 16 heavy (non-hydrogen) atoms. The molecule has 1 aromatic rings. The lowest BCUT2D eigenvalue weighted by Crippen LogP contribution is -2.41. The second-order valence-electron chi connectivity index (χ2n) is 4.73. The molecule has 0 amide bonds. The van der Waals surface area contributed by atoms with Gasteiger partial charge < -0.3 is 8.97 Å². The van der Waals surface area contributed by atoms with Crippen LogP contribution in [0, 0.1) is 6.92 Å². The fourth-order valence-electron chi connectivity index (χ4n) is 1.16. The van der Waals surface area contributed by atoms with E-state index in [-0.39, 0.29) is 0 Å². The van der Waals surface area contributed by atoms with Crippen LogP contribution in [0.4, 0.5) is 0 Å². The smallest absolute Gasteiger partial charge is 0.136 e. The number of nitrogens with one attached hydrogen (secondary N) is 1. The molecule has 0 fully saturated rings. The molecular weight excluding hydrogens is 222 g/mol. The average Bonchev–Trinajstić information content (AvgIpc) is 2.63. The quantitative estimate of drug-likeness (QED) is 0.828. The lowest BCUT2D eigenvalue weighted by molar-refractivity contribution is 0.418. The topological polar surface area (TPSA) is 48.2 Å². The van der Waals surface area contributed by atoms with Crippen molar-refractivity contribution in [2.24, 2.45) is 0 Å². The zero-order valence-electron chi connectivity index (χ0n) is 11.6. The average molecular weight is 244 g/mol. The van der Waals surface area contributed by atoms with Crippen molar-refractivity contribution < 1.29 is 10.3 Å². The van der Waals surface area contributed by atoms with E-state index in [1.807, 2.05) is 40.7 Å². The van der Waals surface area contributed by atoms with E-state index in [1.54, 1.807) is 6.07 Å². The molecule has 1 aromatic heterocycles. The largest absolute Gasteiger partial charge is 0.598 e. The van der Waals surface area contributed by atoms with Crippen molar-refractivity contribution >= 4 is 11.4 Å². The molecule has 0 aliphatic carbocycles. The summed E-state index contributed by atoms with van der Waals surface area (Å²) in [5, 5.41) is 0. The maximum atomic E-state index is 12.1. The molecule has 1 unspecified atom stereocenters. The summed E-state index contributed by atoms with van der Waals surface area (Å²) >= 11 is -1.30. The number of furan rings is 1. The second-order valence-corrected chi connectivity index (χ2v) is 6.69. The minimum absolute atomic E-state index is 0.400. The minimum Gasteiger partial charge on any atom is -0.598 e. The lowest BCUT2D eigenvalue weighted by Gasteiger charge is -2.26. The molecule has 0 aliphatic heterocycles. The molecule has 0 saturated heterocycles. The normalized spacial score (nSPS) is 19.0. The van der Waals surface area contributed by atoms with E-state index in [9.17, 15) is 4.55 Å². The third kappa shape index (κ3) is 3.54. The van der Waals surface area contributed by atoms with Gasteiger partial charge in [0.1, 0.15) is 22.3 Å². The van der Waals surface area contributed by atoms with Gasteiger partial charge in [-0.25, -0.2) is 0 Å². The van der Waals surface area contributed by atoms with Crippen molar-refractivity contribution in [3.05, 3.63) is 23.7 Å². The second kappa shape index (κ2) is 5.25. The molecule has 0 spiro atoms. The molecule has 0 radical (unpaired) electrons. The molecule has 92 valence electrons. The molecule has 2 atom stereocenters. The fraction of sp³-hybridized carbons (Fsp3) is 0.667. The van der Waals surface area contributed by atoms with Gasteiger partial charge in [0.25, 0.3) is 0 Å². The summed E-state index contributed by atoms with van der Waals surface area (Å²) in [6, 6.07) is 2.45. The van der Waals surface area contributed by atoms with E-state index in [1.165, 1.54) is 0 Å². The SMILES string of the molecule is [2H][C@](CC)(N[S+]([O-])C(C)(C)C)c1ccc(C)o1. The van der Waals surface area contributed by atoms with E-state index in [0.717, 1.165) is 5.76 Å². The van der Waals surface area contributed by atoms with Gasteiger partial charge in [0.2, 0.25) is 0 Å². The van der Waals surface area contributed by atoms with Gasteiger partial charge in [-0.1, -0.05) is 6.92 Å². The predicted molar refractivity (Wildman–Crippen MR) is 67.5 cm³/mol. The van der Waals surface area contributed by atoms with Crippen molar-refractivity contribution in [3.8, 4) is 0 Å². The van der Waals surface area contributed by atoms with Gasteiger partial charge in [-0.05, 0) is 46.2 Å². The number of hydrogen-bond donors (Lipinski definition) is 1. The third-order valence-corrected chi connectivity index (χ3v) is 3.71. The summed E-state index contributed by atoms with van der Waals surface area (Å²) in [5.74, 6) is 1.27. The molecule has 0 aromatic carbocycles. The summed E-state index contributed by atoms with van der Waals surface area (Å²) in [5.41, 5.74) is 0. The molecular formula is C12H21NO2S. The first kappa shape index (κ1) is 12.0. The Labute approximate surface area is 102 Å². The van der Waals surface area contributed by atoms with Crippen LogP contribution in [0.1, 0.15) is 53.0 Å². The predicted octanol–water partition coefficient (Wildman–Crippen LogP) is 3.09. The van der Waals surface area contributed by atoms with E-state index in [4.69, 9.17) is 5.79 Å². The Morgan fingerprint density at radius 2 is 2.19 bits per heavy atom. The van der Waals surface area contributed by atoms with Gasteiger partial charge in [0, 0.05) is 11.4 Å². The first-order valence-electron chi connectivity index (χ1n) is 5.95. The highest BCUT2D eigenvalue weighted by Gasteiger charge is 2.30. The van der Waals surface area contributed by atoms with Crippen LogP contribution in [-0.4, -0.2) is 9.30 Å². The van der Waals surface area contributed by atoms with Crippen LogP contribution in [0.5, 0.6) is 0 Å². The van der Waals surface area contributed by atoms with Crippen LogP contribution in [0.15, 0.2) is 16.5 Å². The molecule has 1 rings (SSSR count). The van der Waals surface area contributed by atoms with Gasteiger partial charge in [-0.15, -0.1) is 4.72 Å². The Morgan fingerprint density at radius 3 is 2.56 bits per heavy atom. The van der Waals surface area contributed by atoms with Gasteiger partial charge >= 0.3 is 0 Å². The monoisotopic (exact) mass is 244 g/mol. The Kier molecular flexibility index (Phi) is 3.95. The Morgan fingerprint density at radius 1 is 1.56 bits per heavy atom. The van der Waals surface area contributed by atoms with Gasteiger partial charge in [0.15, 0.2) is 0 Å². The van der Waals surface area contributed by atoms with Crippen molar-refractivity contribution in [1.29, 1.82) is 0 Å². The first-order chi connectivity index (χ1) is 7.69. The maximum absolute atomic E-state index is 12.1. The first-order valence-corrected chi connectivity index (χ1v) is 6.60. The summed E-state index contributed by atoms with van der Waals surface area (Å²) in [4.78, 5) is 0. The van der Waals surface area contributed by atoms with Crippen LogP contribution in [0.3, 0.4) is 0 Å². The van der Waals surface area contributed by atoms with E-state index >= 15 is 0 Å². The summed E-state index contributed by atoms with van der Waals surface area (Å²) < 4.78 is 28.3. The van der Waals surface area contributed by atoms with E-state index in [0.29, 0.717) is 12.2 Å². The zero-order valence-corrected chi connectivity index (χ0v) is 11.4. The van der Waals surface area contributed by atoms with E-state index < -0.39 is 22.1 Å². The van der Waals surface area contributed by atoms with Gasteiger partial charge in [0.05, 0.1) is 1.37 Å². The molecule has 0 bridgehead atoms. The van der Waals surface area contributed by atoms with Crippen LogP contribution in [-0.2, 0) is 11.4 Å². The molecule has 3 nitrogen and oxygen atoms in total. The summed E-state index contributed by atoms with van der Waals surface area (Å²) in [6.07, 6.45) is 0.488. The van der Waals surface area contributed by atoms with Crippen molar-refractivity contribution in [1.82, 2.24) is 4.72 Å². The van der Waals surface area contributed by atoms with Crippen LogP contribution in [0.2, 0.25) is 0 Å². The van der Waals surface area contributed by atoms with E-state index in [2.05, 4.69) is 4.72 Å². The van der Waals surface area contributed by atoms with Gasteiger partial charge in [-0.2, -0.15) is 0 Å². The molecule has 0 aliphatic rings. The molecule has 1 N–H and O–H groups in total. The maximum Gasteiger partial charge on any atom is 0.136 e. The number of rotatable bonds is 4. The van der Waals surface area contributed by atoms with Crippen molar-refractivity contribution in [3.63, 3.8) is 0 Å². The summed E-state index contributed by atoms with van der Waals surface area (Å²) in [6.45, 7) is 9.33. The number of hydrogen-bond acceptors (Lipinski definition) is 3. The summed E-state index contributed by atoms with van der Waals surface area (Å²) in [7, 11) is 0. The highest BCUT2D eigenvalue weighted by atomic mass is 32.2. The highest BCUT2D eigenvalue weighted by molar-refractivity contribution is 7.90. The number of aryl methyl sites for hydroxylation is 1. The van der Waals surface area contributed by atoms with Crippen LogP contribution < -0.4 is 4.72 Å². The Bertz CT molecular complexity index is 375. The Balaban J connectivity index is 2.90. The Hall–Kier alpha value is -0.450. The lowest BCUT2D eigenvalue weighted by atomic mass is 10.2. The van der Waals surface area contributed by atoms with Crippen molar-refractivity contribution in [2.75, 3.05) is 0 Å². The highest BCUT2D eigenvalue weighted by Crippen LogP contribution is 2.23. The minimum atomic E-state index is -1.30. The molecule has 0 saturated carbocycles. The zero-order chi connectivity index (χ0) is 13.3. The van der Waals surface area contributed by atoms with Gasteiger partial charge in [-0.3, -0.25) is 0 Å².